The average molecular weight is 305 g/mol. The third kappa shape index (κ3) is 1.80. The zero-order valence-electron chi connectivity index (χ0n) is 13.0. The first-order valence-corrected chi connectivity index (χ1v) is 8.22. The molecular formula is C20H19NS. The fourth-order valence-electron chi connectivity index (χ4n) is 3.74. The Morgan fingerprint density at radius 1 is 0.955 bits per heavy atom. The molecule has 1 nitrogen and oxygen atoms in total. The van der Waals surface area contributed by atoms with Gasteiger partial charge >= 0.3 is 0 Å². The normalized spacial score (nSPS) is 19.2. The first-order chi connectivity index (χ1) is 10.6. The highest BCUT2D eigenvalue weighted by Crippen LogP contribution is 2.47. The van der Waals surface area contributed by atoms with Crippen molar-refractivity contribution in [1.82, 2.24) is 4.90 Å². The number of nitrogens with zero attached hydrogens (tertiary/aromatic N) is 1. The maximum absolute atomic E-state index is 5.85. The van der Waals surface area contributed by atoms with Crippen LogP contribution in [0.1, 0.15) is 37.0 Å². The van der Waals surface area contributed by atoms with Gasteiger partial charge in [0.15, 0.2) is 0 Å². The fraction of sp³-hybridized carbons (Fsp3) is 0.250. The number of hydrogen-bond donors (Lipinski definition) is 0. The molecule has 0 saturated heterocycles. The highest BCUT2D eigenvalue weighted by Gasteiger charge is 2.42. The maximum Gasteiger partial charge on any atom is 0.0925 e. The van der Waals surface area contributed by atoms with Crippen LogP contribution in [0.3, 0.4) is 0 Å². The van der Waals surface area contributed by atoms with Crippen molar-refractivity contribution >= 4 is 28.5 Å². The summed E-state index contributed by atoms with van der Waals surface area (Å²) in [5.74, 6) is 0. The molecule has 0 atom stereocenters. The van der Waals surface area contributed by atoms with E-state index in [4.69, 9.17) is 12.2 Å². The Bertz CT molecular complexity index is 786. The summed E-state index contributed by atoms with van der Waals surface area (Å²) in [6.07, 6.45) is 1.06. The van der Waals surface area contributed by atoms with Gasteiger partial charge in [0.1, 0.15) is 0 Å². The van der Waals surface area contributed by atoms with Crippen LogP contribution in [0.5, 0.6) is 0 Å². The Labute approximate surface area is 137 Å². The molecule has 4 rings (SSSR count). The van der Waals surface area contributed by atoms with E-state index in [9.17, 15) is 0 Å². The standard InChI is InChI=1S/C20H19NS/c1-20(2)17-11-7-6-10-16(17)18-15(12-13-21(18)19(20)22)14-8-4-3-5-9-14/h3-11H,12-13H2,1-2H3. The lowest BCUT2D eigenvalue weighted by molar-refractivity contribution is 0.541. The molecule has 0 amide bonds. The first kappa shape index (κ1) is 13.7. The van der Waals surface area contributed by atoms with Gasteiger partial charge in [-0.05, 0) is 37.0 Å². The Morgan fingerprint density at radius 3 is 2.41 bits per heavy atom. The number of rotatable bonds is 1. The third-order valence-corrected chi connectivity index (χ3v) is 5.63. The molecule has 0 aromatic heterocycles. The van der Waals surface area contributed by atoms with Gasteiger partial charge in [0.2, 0.25) is 0 Å². The van der Waals surface area contributed by atoms with E-state index in [1.165, 1.54) is 28.0 Å². The predicted octanol–water partition coefficient (Wildman–Crippen LogP) is 4.88. The number of thiocarbonyl (C=S) groups is 1. The van der Waals surface area contributed by atoms with Crippen LogP contribution in [0, 0.1) is 0 Å². The van der Waals surface area contributed by atoms with Gasteiger partial charge in [-0.1, -0.05) is 66.8 Å². The molecule has 0 unspecified atom stereocenters. The molecule has 2 aliphatic rings. The van der Waals surface area contributed by atoms with Crippen molar-refractivity contribution in [1.29, 1.82) is 0 Å². The highest BCUT2D eigenvalue weighted by molar-refractivity contribution is 7.80. The van der Waals surface area contributed by atoms with E-state index in [1.54, 1.807) is 0 Å². The molecule has 0 saturated carbocycles. The van der Waals surface area contributed by atoms with Gasteiger partial charge in [-0.3, -0.25) is 0 Å². The lowest BCUT2D eigenvalue weighted by Crippen LogP contribution is -2.44. The second-order valence-corrected chi connectivity index (χ2v) is 6.96. The molecule has 0 bridgehead atoms. The second kappa shape index (κ2) is 4.79. The van der Waals surface area contributed by atoms with E-state index in [1.807, 2.05) is 0 Å². The van der Waals surface area contributed by atoms with E-state index in [2.05, 4.69) is 73.3 Å². The zero-order valence-corrected chi connectivity index (χ0v) is 13.8. The molecule has 0 radical (unpaired) electrons. The van der Waals surface area contributed by atoms with Crippen LogP contribution in [-0.4, -0.2) is 16.4 Å². The Balaban J connectivity index is 2.01. The predicted molar refractivity (Wildman–Crippen MR) is 96.6 cm³/mol. The van der Waals surface area contributed by atoms with E-state index in [0.29, 0.717) is 0 Å². The van der Waals surface area contributed by atoms with Gasteiger partial charge < -0.3 is 4.90 Å². The van der Waals surface area contributed by atoms with E-state index < -0.39 is 0 Å². The summed E-state index contributed by atoms with van der Waals surface area (Å²) in [7, 11) is 0. The summed E-state index contributed by atoms with van der Waals surface area (Å²) in [5.41, 5.74) is 6.68. The van der Waals surface area contributed by atoms with Crippen LogP contribution in [-0.2, 0) is 5.41 Å². The Kier molecular flexibility index (Phi) is 2.98. The van der Waals surface area contributed by atoms with Gasteiger partial charge in [-0.25, -0.2) is 0 Å². The molecule has 2 aromatic carbocycles. The van der Waals surface area contributed by atoms with Gasteiger partial charge in [0.25, 0.3) is 0 Å². The van der Waals surface area contributed by atoms with Crippen molar-refractivity contribution < 1.29 is 0 Å². The lowest BCUT2D eigenvalue weighted by atomic mass is 9.77. The molecule has 110 valence electrons. The molecule has 0 aliphatic carbocycles. The minimum atomic E-state index is -0.0818. The summed E-state index contributed by atoms with van der Waals surface area (Å²) in [6, 6.07) is 19.4. The van der Waals surface area contributed by atoms with Gasteiger partial charge in [0.05, 0.1) is 10.7 Å². The Hall–Kier alpha value is -1.93. The zero-order chi connectivity index (χ0) is 15.3. The number of fused-ring (bicyclic) bond motifs is 3. The van der Waals surface area contributed by atoms with Gasteiger partial charge in [0, 0.05) is 17.5 Å². The average Bonchev–Trinajstić information content (AvgIpc) is 2.99. The largest absolute Gasteiger partial charge is 0.334 e. The van der Waals surface area contributed by atoms with Crippen LogP contribution in [0.25, 0.3) is 11.3 Å². The molecule has 22 heavy (non-hydrogen) atoms. The van der Waals surface area contributed by atoms with Crippen molar-refractivity contribution in [3.05, 3.63) is 71.3 Å². The number of benzene rings is 2. The van der Waals surface area contributed by atoms with Crippen LogP contribution >= 0.6 is 12.2 Å². The summed E-state index contributed by atoms with van der Waals surface area (Å²) in [5, 5.41) is 0. The van der Waals surface area contributed by atoms with Crippen molar-refractivity contribution in [2.24, 2.45) is 0 Å². The lowest BCUT2D eigenvalue weighted by Gasteiger charge is -2.41. The molecule has 0 fully saturated rings. The van der Waals surface area contributed by atoms with E-state index >= 15 is 0 Å². The second-order valence-electron chi connectivity index (χ2n) is 6.57. The third-order valence-electron chi connectivity index (χ3n) is 4.90. The molecule has 0 N–H and O–H groups in total. The monoisotopic (exact) mass is 305 g/mol. The van der Waals surface area contributed by atoms with E-state index in [0.717, 1.165) is 18.0 Å². The summed E-state index contributed by atoms with van der Waals surface area (Å²) < 4.78 is 0. The maximum atomic E-state index is 5.85. The molecule has 2 heteroatoms. The molecule has 2 aliphatic heterocycles. The van der Waals surface area contributed by atoms with Crippen molar-refractivity contribution in [3.63, 3.8) is 0 Å². The minimum Gasteiger partial charge on any atom is -0.334 e. The molecule has 2 heterocycles. The molecule has 2 aromatic rings. The van der Waals surface area contributed by atoms with Crippen LogP contribution in [0.4, 0.5) is 0 Å². The molecule has 0 spiro atoms. The van der Waals surface area contributed by atoms with Crippen molar-refractivity contribution in [2.45, 2.75) is 25.7 Å². The van der Waals surface area contributed by atoms with Crippen molar-refractivity contribution in [3.8, 4) is 0 Å². The van der Waals surface area contributed by atoms with Crippen LogP contribution in [0.15, 0.2) is 54.6 Å². The highest BCUT2D eigenvalue weighted by atomic mass is 32.1. The first-order valence-electron chi connectivity index (χ1n) is 7.81. The van der Waals surface area contributed by atoms with E-state index in [-0.39, 0.29) is 5.41 Å². The topological polar surface area (TPSA) is 3.24 Å². The van der Waals surface area contributed by atoms with Crippen LogP contribution in [0.2, 0.25) is 0 Å². The fourth-order valence-corrected chi connectivity index (χ4v) is 4.03. The SMILES string of the molecule is CC1(C)C(=S)N2CCC(c3ccccc3)=C2c2ccccc21. The van der Waals surface area contributed by atoms with Gasteiger partial charge in [-0.15, -0.1) is 0 Å². The quantitative estimate of drug-likeness (QED) is 0.691. The Morgan fingerprint density at radius 2 is 1.64 bits per heavy atom. The van der Waals surface area contributed by atoms with Crippen molar-refractivity contribution in [2.75, 3.05) is 6.54 Å². The van der Waals surface area contributed by atoms with Crippen LogP contribution < -0.4 is 0 Å². The minimum absolute atomic E-state index is 0.0818. The number of hydrogen-bond acceptors (Lipinski definition) is 1. The summed E-state index contributed by atoms with van der Waals surface area (Å²) in [4.78, 5) is 3.41. The summed E-state index contributed by atoms with van der Waals surface area (Å²) in [6.45, 7) is 5.48. The molecular weight excluding hydrogens is 286 g/mol. The van der Waals surface area contributed by atoms with Gasteiger partial charge in [-0.2, -0.15) is 0 Å². The summed E-state index contributed by atoms with van der Waals surface area (Å²) >= 11 is 5.85. The smallest absolute Gasteiger partial charge is 0.0925 e.